The summed E-state index contributed by atoms with van der Waals surface area (Å²) < 4.78 is 24.6. The molecule has 1 aliphatic rings. The van der Waals surface area contributed by atoms with Gasteiger partial charge >= 0.3 is 0 Å². The molecule has 0 spiro atoms. The molecule has 29 heavy (non-hydrogen) atoms. The predicted octanol–water partition coefficient (Wildman–Crippen LogP) is 3.10. The van der Waals surface area contributed by atoms with Crippen LogP contribution in [0.3, 0.4) is 0 Å². The number of methoxy groups -OCH3 is 1. The van der Waals surface area contributed by atoms with E-state index in [1.807, 2.05) is 4.90 Å². The van der Waals surface area contributed by atoms with Crippen LogP contribution in [0.1, 0.15) is 17.3 Å². The van der Waals surface area contributed by atoms with Gasteiger partial charge in [-0.05, 0) is 19.1 Å². The minimum absolute atomic E-state index is 0.0569. The highest BCUT2D eigenvalue weighted by molar-refractivity contribution is 5.99. The maximum absolute atomic E-state index is 14.0. The van der Waals surface area contributed by atoms with Crippen LogP contribution in [0.25, 0.3) is 0 Å². The van der Waals surface area contributed by atoms with Crippen molar-refractivity contribution >= 4 is 17.3 Å². The van der Waals surface area contributed by atoms with Crippen LogP contribution in [-0.4, -0.2) is 55.6 Å². The summed E-state index contributed by atoms with van der Waals surface area (Å²) in [5.74, 6) is -0.318. The van der Waals surface area contributed by atoms with E-state index in [0.29, 0.717) is 38.5 Å². The first kappa shape index (κ1) is 20.4. The first-order valence-corrected chi connectivity index (χ1v) is 9.24. The summed E-state index contributed by atoms with van der Waals surface area (Å²) in [6, 6.07) is 9.02. The Hall–Kier alpha value is -3.36. The van der Waals surface area contributed by atoms with Gasteiger partial charge in [-0.25, -0.2) is 4.39 Å². The van der Waals surface area contributed by atoms with E-state index in [2.05, 4.69) is 0 Å². The highest BCUT2D eigenvalue weighted by atomic mass is 19.1. The van der Waals surface area contributed by atoms with Crippen molar-refractivity contribution in [3.8, 4) is 11.5 Å². The third kappa shape index (κ3) is 4.23. The molecule has 154 valence electrons. The molecule has 1 aliphatic heterocycles. The number of benzene rings is 2. The molecule has 2 aromatic rings. The second-order valence-electron chi connectivity index (χ2n) is 6.44. The molecule has 8 nitrogen and oxygen atoms in total. The van der Waals surface area contributed by atoms with Gasteiger partial charge in [0.15, 0.2) is 11.5 Å². The number of anilines is 1. The Labute approximate surface area is 167 Å². The molecule has 0 radical (unpaired) electrons. The van der Waals surface area contributed by atoms with E-state index in [-0.39, 0.29) is 28.6 Å². The highest BCUT2D eigenvalue weighted by Gasteiger charge is 2.30. The molecule has 1 fully saturated rings. The van der Waals surface area contributed by atoms with Crippen molar-refractivity contribution in [3.63, 3.8) is 0 Å². The lowest BCUT2D eigenvalue weighted by Crippen LogP contribution is -2.49. The van der Waals surface area contributed by atoms with Crippen molar-refractivity contribution in [2.75, 3.05) is 44.8 Å². The van der Waals surface area contributed by atoms with Gasteiger partial charge in [-0.1, -0.05) is 12.1 Å². The molecule has 0 atom stereocenters. The normalized spacial score (nSPS) is 13.9. The second-order valence-corrected chi connectivity index (χ2v) is 6.44. The van der Waals surface area contributed by atoms with Crippen molar-refractivity contribution in [1.82, 2.24) is 4.90 Å². The van der Waals surface area contributed by atoms with Gasteiger partial charge in [-0.15, -0.1) is 0 Å². The number of piperazine rings is 1. The number of ether oxygens (including phenoxy) is 2. The van der Waals surface area contributed by atoms with Gasteiger partial charge in [0.05, 0.1) is 30.4 Å². The van der Waals surface area contributed by atoms with Crippen LogP contribution in [0.4, 0.5) is 15.8 Å². The SMILES string of the molecule is CCOc1cc(C(=O)N2CCN(c3ccccc3F)CC2)c([N+](=O)[O-])cc1OC. The number of amides is 1. The summed E-state index contributed by atoms with van der Waals surface area (Å²) in [4.78, 5) is 27.3. The average molecular weight is 403 g/mol. The third-order valence-electron chi connectivity index (χ3n) is 4.77. The Bertz CT molecular complexity index is 913. The molecule has 1 heterocycles. The zero-order valence-corrected chi connectivity index (χ0v) is 16.3. The fourth-order valence-corrected chi connectivity index (χ4v) is 3.33. The highest BCUT2D eigenvalue weighted by Crippen LogP contribution is 2.35. The maximum atomic E-state index is 14.0. The second kappa shape index (κ2) is 8.76. The van der Waals surface area contributed by atoms with Crippen LogP contribution in [0.15, 0.2) is 36.4 Å². The summed E-state index contributed by atoms with van der Waals surface area (Å²) >= 11 is 0. The Kier molecular flexibility index (Phi) is 6.16. The van der Waals surface area contributed by atoms with Crippen LogP contribution < -0.4 is 14.4 Å². The van der Waals surface area contributed by atoms with Crippen LogP contribution in [0, 0.1) is 15.9 Å². The summed E-state index contributed by atoms with van der Waals surface area (Å²) in [7, 11) is 1.38. The topological polar surface area (TPSA) is 85.2 Å². The minimum atomic E-state index is -0.610. The van der Waals surface area contributed by atoms with Crippen LogP contribution >= 0.6 is 0 Å². The lowest BCUT2D eigenvalue weighted by Gasteiger charge is -2.36. The molecular formula is C20H22FN3O5. The van der Waals surface area contributed by atoms with Crippen molar-refractivity contribution in [3.05, 3.63) is 57.9 Å². The molecule has 3 rings (SSSR count). The number of hydrogen-bond donors (Lipinski definition) is 0. The van der Waals surface area contributed by atoms with Gasteiger partial charge < -0.3 is 19.3 Å². The number of rotatable bonds is 6. The van der Waals surface area contributed by atoms with Gasteiger partial charge in [0.1, 0.15) is 11.4 Å². The lowest BCUT2D eigenvalue weighted by molar-refractivity contribution is -0.385. The molecule has 0 bridgehead atoms. The van der Waals surface area contributed by atoms with E-state index in [1.165, 1.54) is 30.2 Å². The van der Waals surface area contributed by atoms with Gasteiger partial charge in [-0.2, -0.15) is 0 Å². The zero-order valence-electron chi connectivity index (χ0n) is 16.3. The van der Waals surface area contributed by atoms with Gasteiger partial charge in [0, 0.05) is 32.2 Å². The van der Waals surface area contributed by atoms with Crippen molar-refractivity contribution in [1.29, 1.82) is 0 Å². The van der Waals surface area contributed by atoms with Crippen molar-refractivity contribution in [2.24, 2.45) is 0 Å². The molecule has 0 N–H and O–H groups in total. The summed E-state index contributed by atoms with van der Waals surface area (Å²) in [6.45, 7) is 3.58. The third-order valence-corrected chi connectivity index (χ3v) is 4.77. The number of para-hydroxylation sites is 1. The number of halogens is 1. The smallest absolute Gasteiger partial charge is 0.286 e. The molecule has 2 aromatic carbocycles. The fraction of sp³-hybridized carbons (Fsp3) is 0.350. The number of carbonyl (C=O) groups excluding carboxylic acids is 1. The van der Waals surface area contributed by atoms with Gasteiger partial charge in [0.2, 0.25) is 0 Å². The Balaban J connectivity index is 1.82. The monoisotopic (exact) mass is 403 g/mol. The largest absolute Gasteiger partial charge is 0.493 e. The number of nitrogens with zero attached hydrogens (tertiary/aromatic N) is 3. The average Bonchev–Trinajstić information content (AvgIpc) is 2.73. The molecule has 0 unspecified atom stereocenters. The predicted molar refractivity (Wildman–Crippen MR) is 105 cm³/mol. The van der Waals surface area contributed by atoms with E-state index in [1.54, 1.807) is 25.1 Å². The molecule has 0 saturated carbocycles. The van der Waals surface area contributed by atoms with E-state index in [4.69, 9.17) is 9.47 Å². The summed E-state index contributed by atoms with van der Waals surface area (Å²) in [6.07, 6.45) is 0. The van der Waals surface area contributed by atoms with E-state index in [0.717, 1.165) is 0 Å². The van der Waals surface area contributed by atoms with Gasteiger partial charge in [0.25, 0.3) is 11.6 Å². The molecule has 0 aliphatic carbocycles. The lowest BCUT2D eigenvalue weighted by atomic mass is 10.1. The summed E-state index contributed by atoms with van der Waals surface area (Å²) in [5.41, 5.74) is 0.0825. The van der Waals surface area contributed by atoms with Gasteiger partial charge in [-0.3, -0.25) is 14.9 Å². The minimum Gasteiger partial charge on any atom is -0.493 e. The Morgan fingerprint density at radius 1 is 1.17 bits per heavy atom. The first-order chi connectivity index (χ1) is 14.0. The standard InChI is InChI=1S/C20H22FN3O5/c1-3-29-19-12-14(17(24(26)27)13-18(19)28-2)20(25)23-10-8-22(9-11-23)16-7-5-4-6-15(16)21/h4-7,12-13H,3,8-11H2,1-2H3. The number of carbonyl (C=O) groups is 1. The molecule has 0 aromatic heterocycles. The van der Waals surface area contributed by atoms with E-state index < -0.39 is 10.8 Å². The molecule has 9 heteroatoms. The van der Waals surface area contributed by atoms with Crippen molar-refractivity contribution in [2.45, 2.75) is 6.92 Å². The van der Waals surface area contributed by atoms with Crippen molar-refractivity contribution < 1.29 is 23.6 Å². The molecular weight excluding hydrogens is 381 g/mol. The quantitative estimate of drug-likeness (QED) is 0.544. The Morgan fingerprint density at radius 2 is 1.86 bits per heavy atom. The number of nitro groups is 1. The number of hydrogen-bond acceptors (Lipinski definition) is 6. The maximum Gasteiger partial charge on any atom is 0.286 e. The fourth-order valence-electron chi connectivity index (χ4n) is 3.33. The Morgan fingerprint density at radius 3 is 2.45 bits per heavy atom. The van der Waals surface area contributed by atoms with Crippen LogP contribution in [-0.2, 0) is 0 Å². The first-order valence-electron chi connectivity index (χ1n) is 9.24. The van der Waals surface area contributed by atoms with Crippen LogP contribution in [0.5, 0.6) is 11.5 Å². The zero-order chi connectivity index (χ0) is 21.0. The molecule has 1 amide bonds. The summed E-state index contributed by atoms with van der Waals surface area (Å²) in [5, 5.41) is 11.5. The molecule has 1 saturated heterocycles. The van der Waals surface area contributed by atoms with E-state index in [9.17, 15) is 19.3 Å². The van der Waals surface area contributed by atoms with Crippen LogP contribution in [0.2, 0.25) is 0 Å². The number of nitro benzene ring substituents is 1. The van der Waals surface area contributed by atoms with E-state index >= 15 is 0 Å².